The number of pyridine rings is 1. The summed E-state index contributed by atoms with van der Waals surface area (Å²) in [6.07, 6.45) is 3.36. The lowest BCUT2D eigenvalue weighted by molar-refractivity contribution is 0.786. The maximum Gasteiger partial charge on any atom is 0.157 e. The van der Waals surface area contributed by atoms with E-state index in [1.807, 2.05) is 13.1 Å². The summed E-state index contributed by atoms with van der Waals surface area (Å²) in [6, 6.07) is 1.84. The van der Waals surface area contributed by atoms with E-state index in [9.17, 15) is 0 Å². The molecule has 0 aliphatic carbocycles. The molecular formula is C7H6ClN3. The standard InChI is InChI=1S/C7H6ClN3/c1-11-7-5(3-10-11)2-6(8)4-9-7/h2-4H,1H3. The van der Waals surface area contributed by atoms with E-state index in [4.69, 9.17) is 11.6 Å². The predicted molar refractivity (Wildman–Crippen MR) is 43.5 cm³/mol. The molecule has 0 radical (unpaired) electrons. The fourth-order valence-corrected chi connectivity index (χ4v) is 1.18. The van der Waals surface area contributed by atoms with Crippen molar-refractivity contribution >= 4 is 22.6 Å². The largest absolute Gasteiger partial charge is 0.250 e. The molecule has 0 bridgehead atoms. The van der Waals surface area contributed by atoms with Crippen molar-refractivity contribution < 1.29 is 0 Å². The van der Waals surface area contributed by atoms with Crippen LogP contribution in [0.5, 0.6) is 0 Å². The minimum absolute atomic E-state index is 0.644. The van der Waals surface area contributed by atoms with Gasteiger partial charge in [0.1, 0.15) is 0 Å². The zero-order chi connectivity index (χ0) is 7.84. The lowest BCUT2D eigenvalue weighted by Gasteiger charge is -1.91. The lowest BCUT2D eigenvalue weighted by Crippen LogP contribution is -1.90. The van der Waals surface area contributed by atoms with Gasteiger partial charge in [-0.3, -0.25) is 4.68 Å². The van der Waals surface area contributed by atoms with Crippen molar-refractivity contribution in [1.82, 2.24) is 14.8 Å². The Labute approximate surface area is 68.6 Å². The van der Waals surface area contributed by atoms with Crippen LogP contribution in [0.25, 0.3) is 11.0 Å². The Balaban J connectivity index is 2.86. The first-order chi connectivity index (χ1) is 5.27. The van der Waals surface area contributed by atoms with Gasteiger partial charge in [0.2, 0.25) is 0 Å². The summed E-state index contributed by atoms with van der Waals surface area (Å²) in [5, 5.41) is 5.65. The summed E-state index contributed by atoms with van der Waals surface area (Å²) in [5.41, 5.74) is 0.856. The van der Waals surface area contributed by atoms with E-state index in [1.165, 1.54) is 0 Å². The van der Waals surface area contributed by atoms with Gasteiger partial charge in [0.15, 0.2) is 5.65 Å². The highest BCUT2D eigenvalue weighted by Gasteiger charge is 1.99. The maximum absolute atomic E-state index is 5.73. The van der Waals surface area contributed by atoms with Crippen molar-refractivity contribution in [2.75, 3.05) is 0 Å². The van der Waals surface area contributed by atoms with Gasteiger partial charge in [0.25, 0.3) is 0 Å². The number of hydrogen-bond acceptors (Lipinski definition) is 2. The molecule has 2 aromatic heterocycles. The Morgan fingerprint density at radius 3 is 3.09 bits per heavy atom. The fourth-order valence-electron chi connectivity index (χ4n) is 1.02. The van der Waals surface area contributed by atoms with Crippen LogP contribution in [0.15, 0.2) is 18.5 Å². The second-order valence-electron chi connectivity index (χ2n) is 2.33. The molecule has 11 heavy (non-hydrogen) atoms. The molecule has 2 heterocycles. The summed E-state index contributed by atoms with van der Waals surface area (Å²) in [6.45, 7) is 0. The fraction of sp³-hybridized carbons (Fsp3) is 0.143. The first kappa shape index (κ1) is 6.61. The highest BCUT2D eigenvalue weighted by Crippen LogP contribution is 2.14. The SMILES string of the molecule is Cn1ncc2cc(Cl)cnc21. The van der Waals surface area contributed by atoms with E-state index in [2.05, 4.69) is 10.1 Å². The number of halogens is 1. The Bertz CT molecular complexity index is 393. The number of nitrogens with zero attached hydrogens (tertiary/aromatic N) is 3. The summed E-state index contributed by atoms with van der Waals surface area (Å²) in [5.74, 6) is 0. The second kappa shape index (κ2) is 2.20. The Morgan fingerprint density at radius 2 is 2.27 bits per heavy atom. The molecule has 0 saturated carbocycles. The highest BCUT2D eigenvalue weighted by atomic mass is 35.5. The molecule has 0 spiro atoms. The third kappa shape index (κ3) is 0.973. The molecule has 0 saturated heterocycles. The third-order valence-electron chi connectivity index (χ3n) is 1.54. The summed E-state index contributed by atoms with van der Waals surface area (Å²) in [4.78, 5) is 4.11. The summed E-state index contributed by atoms with van der Waals surface area (Å²) in [7, 11) is 1.85. The van der Waals surface area contributed by atoms with Gasteiger partial charge < -0.3 is 0 Å². The highest BCUT2D eigenvalue weighted by molar-refractivity contribution is 6.31. The van der Waals surface area contributed by atoms with Crippen LogP contribution in [0, 0.1) is 0 Å². The number of hydrogen-bond donors (Lipinski definition) is 0. The normalized spacial score (nSPS) is 10.7. The van der Waals surface area contributed by atoms with E-state index in [0.717, 1.165) is 11.0 Å². The number of aryl methyl sites for hydroxylation is 1. The van der Waals surface area contributed by atoms with E-state index in [-0.39, 0.29) is 0 Å². The topological polar surface area (TPSA) is 30.7 Å². The van der Waals surface area contributed by atoms with Crippen LogP contribution in [0.3, 0.4) is 0 Å². The summed E-state index contributed by atoms with van der Waals surface area (Å²) >= 11 is 5.73. The van der Waals surface area contributed by atoms with Crippen LogP contribution < -0.4 is 0 Å². The van der Waals surface area contributed by atoms with Crippen LogP contribution in [0.2, 0.25) is 5.02 Å². The zero-order valence-corrected chi connectivity index (χ0v) is 6.71. The van der Waals surface area contributed by atoms with Gasteiger partial charge >= 0.3 is 0 Å². The number of aromatic nitrogens is 3. The molecule has 2 rings (SSSR count). The van der Waals surface area contributed by atoms with Gasteiger partial charge in [0, 0.05) is 18.6 Å². The monoisotopic (exact) mass is 167 g/mol. The van der Waals surface area contributed by atoms with Crippen LogP contribution in [-0.2, 0) is 7.05 Å². The van der Waals surface area contributed by atoms with Crippen LogP contribution in [0.1, 0.15) is 0 Å². The second-order valence-corrected chi connectivity index (χ2v) is 2.77. The molecular weight excluding hydrogens is 162 g/mol. The summed E-state index contributed by atoms with van der Waals surface area (Å²) < 4.78 is 1.71. The Kier molecular flexibility index (Phi) is 1.32. The minimum atomic E-state index is 0.644. The lowest BCUT2D eigenvalue weighted by atomic mass is 10.4. The zero-order valence-electron chi connectivity index (χ0n) is 5.95. The molecule has 0 aliphatic heterocycles. The van der Waals surface area contributed by atoms with Crippen molar-refractivity contribution in [3.63, 3.8) is 0 Å². The van der Waals surface area contributed by atoms with Crippen LogP contribution in [-0.4, -0.2) is 14.8 Å². The molecule has 0 N–H and O–H groups in total. The Morgan fingerprint density at radius 1 is 1.45 bits per heavy atom. The molecule has 56 valence electrons. The van der Waals surface area contributed by atoms with Crippen molar-refractivity contribution in [3.8, 4) is 0 Å². The first-order valence-electron chi connectivity index (χ1n) is 3.20. The van der Waals surface area contributed by atoms with E-state index in [1.54, 1.807) is 17.1 Å². The van der Waals surface area contributed by atoms with Gasteiger partial charge in [-0.2, -0.15) is 5.10 Å². The number of fused-ring (bicyclic) bond motifs is 1. The third-order valence-corrected chi connectivity index (χ3v) is 1.75. The van der Waals surface area contributed by atoms with Crippen molar-refractivity contribution in [3.05, 3.63) is 23.5 Å². The van der Waals surface area contributed by atoms with Crippen molar-refractivity contribution in [2.45, 2.75) is 0 Å². The van der Waals surface area contributed by atoms with Crippen molar-refractivity contribution in [2.24, 2.45) is 7.05 Å². The molecule has 2 aromatic rings. The molecule has 0 atom stereocenters. The maximum atomic E-state index is 5.73. The molecule has 0 amide bonds. The quantitative estimate of drug-likeness (QED) is 0.597. The minimum Gasteiger partial charge on any atom is -0.250 e. The number of rotatable bonds is 0. The van der Waals surface area contributed by atoms with Gasteiger partial charge in [-0.05, 0) is 6.07 Å². The molecule has 0 fully saturated rings. The molecule has 0 aliphatic rings. The molecule has 4 heteroatoms. The van der Waals surface area contributed by atoms with Gasteiger partial charge in [-0.1, -0.05) is 11.6 Å². The van der Waals surface area contributed by atoms with Crippen LogP contribution >= 0.6 is 11.6 Å². The smallest absolute Gasteiger partial charge is 0.157 e. The van der Waals surface area contributed by atoms with Crippen molar-refractivity contribution in [1.29, 1.82) is 0 Å². The average molecular weight is 168 g/mol. The van der Waals surface area contributed by atoms with Gasteiger partial charge in [-0.25, -0.2) is 4.98 Å². The van der Waals surface area contributed by atoms with Gasteiger partial charge in [-0.15, -0.1) is 0 Å². The first-order valence-corrected chi connectivity index (χ1v) is 3.58. The molecule has 3 nitrogen and oxygen atoms in total. The molecule has 0 aromatic carbocycles. The van der Waals surface area contributed by atoms with Crippen LogP contribution in [0.4, 0.5) is 0 Å². The van der Waals surface area contributed by atoms with E-state index < -0.39 is 0 Å². The average Bonchev–Trinajstić information content (AvgIpc) is 2.32. The van der Waals surface area contributed by atoms with E-state index >= 15 is 0 Å². The van der Waals surface area contributed by atoms with E-state index in [0.29, 0.717) is 5.02 Å². The van der Waals surface area contributed by atoms with Gasteiger partial charge in [0.05, 0.1) is 11.2 Å². The Hall–Kier alpha value is -1.09. The predicted octanol–water partition coefficient (Wildman–Crippen LogP) is 1.62. The molecule has 0 unspecified atom stereocenters.